The number of Topliss-reactive ketones (excluding diaryl/α,β-unsaturated/α-hetero) is 2. The van der Waals surface area contributed by atoms with Crippen molar-refractivity contribution in [3.63, 3.8) is 0 Å². The number of benzene rings is 2. The molecule has 17 heteroatoms. The molecule has 0 heterocycles. The van der Waals surface area contributed by atoms with Gasteiger partial charge < -0.3 is 41.9 Å². The molecule has 2 rings (SSSR count). The van der Waals surface area contributed by atoms with Crippen LogP contribution in [0.4, 0.5) is 4.79 Å². The Labute approximate surface area is 381 Å². The molecule has 0 fully saturated rings. The van der Waals surface area contributed by atoms with E-state index in [-0.39, 0.29) is 73.9 Å². The van der Waals surface area contributed by atoms with Crippen molar-refractivity contribution < 1.29 is 58.5 Å². The van der Waals surface area contributed by atoms with Crippen molar-refractivity contribution in [2.45, 2.75) is 160 Å². The van der Waals surface area contributed by atoms with Gasteiger partial charge in [0.2, 0.25) is 17.7 Å². The van der Waals surface area contributed by atoms with Gasteiger partial charge in [-0.1, -0.05) is 92.8 Å². The van der Waals surface area contributed by atoms with Gasteiger partial charge in [0.15, 0.2) is 5.78 Å². The predicted octanol–water partition coefficient (Wildman–Crippen LogP) is 5.27. The van der Waals surface area contributed by atoms with Gasteiger partial charge in [-0.05, 0) is 76.3 Å². The first kappa shape index (κ1) is 55.0. The lowest BCUT2D eigenvalue weighted by Crippen LogP contribution is -2.51. The minimum absolute atomic E-state index is 0.00266. The van der Waals surface area contributed by atoms with Crippen LogP contribution in [0.25, 0.3) is 0 Å². The third kappa shape index (κ3) is 25.7. The van der Waals surface area contributed by atoms with Crippen LogP contribution in [0, 0.1) is 5.92 Å². The van der Waals surface area contributed by atoms with Gasteiger partial charge in [-0.15, -0.1) is 0 Å². The minimum atomic E-state index is -1.49. The number of ketones is 2. The molecular formula is C48H69N5O12. The number of nitrogens with one attached hydrogen (secondary N) is 5. The molecule has 0 radical (unpaired) electrons. The Morgan fingerprint density at radius 1 is 0.508 bits per heavy atom. The molecular weight excluding hydrogens is 839 g/mol. The first-order chi connectivity index (χ1) is 31.0. The first-order valence-corrected chi connectivity index (χ1v) is 22.8. The maximum Gasteiger partial charge on any atom is 0.326 e. The topological polar surface area (TPSA) is 274 Å². The maximum atomic E-state index is 13.9. The fourth-order valence-electron chi connectivity index (χ4n) is 7.15. The highest BCUT2D eigenvalue weighted by Crippen LogP contribution is 2.17. The van der Waals surface area contributed by atoms with Crippen LogP contribution in [0.5, 0.6) is 0 Å². The predicted molar refractivity (Wildman–Crippen MR) is 243 cm³/mol. The van der Waals surface area contributed by atoms with Gasteiger partial charge in [0.1, 0.15) is 17.9 Å². The van der Waals surface area contributed by atoms with Crippen LogP contribution in [-0.4, -0.2) is 99.3 Å². The normalized spacial score (nSPS) is 12.8. The van der Waals surface area contributed by atoms with Gasteiger partial charge >= 0.3 is 23.9 Å². The summed E-state index contributed by atoms with van der Waals surface area (Å²) in [6, 6.07) is 14.1. The van der Waals surface area contributed by atoms with Gasteiger partial charge in [-0.2, -0.15) is 0 Å². The summed E-state index contributed by atoms with van der Waals surface area (Å²) in [4.78, 5) is 111. The van der Waals surface area contributed by atoms with Gasteiger partial charge in [0.25, 0.3) is 0 Å². The van der Waals surface area contributed by atoms with Gasteiger partial charge in [-0.25, -0.2) is 14.4 Å². The molecule has 17 nitrogen and oxygen atoms in total. The number of unbranched alkanes of at least 4 members (excludes halogenated alkanes) is 6. The number of carbonyl (C=O) groups excluding carboxylic acids is 6. The Bertz CT molecular complexity index is 1820. The molecule has 0 aliphatic rings. The molecule has 8 N–H and O–H groups in total. The van der Waals surface area contributed by atoms with Crippen LogP contribution in [0.15, 0.2) is 60.7 Å². The van der Waals surface area contributed by atoms with E-state index in [1.165, 1.54) is 0 Å². The summed E-state index contributed by atoms with van der Waals surface area (Å²) in [7, 11) is 0. The summed E-state index contributed by atoms with van der Waals surface area (Å²) in [6.07, 6.45) is 6.57. The van der Waals surface area contributed by atoms with Gasteiger partial charge in [-0.3, -0.25) is 28.8 Å². The summed E-state index contributed by atoms with van der Waals surface area (Å²) in [5.74, 6) is -5.51. The van der Waals surface area contributed by atoms with E-state index >= 15 is 0 Å². The molecule has 4 atom stereocenters. The lowest BCUT2D eigenvalue weighted by Gasteiger charge is -2.22. The van der Waals surface area contributed by atoms with Crippen LogP contribution in [0.1, 0.15) is 134 Å². The number of hydrogen-bond donors (Lipinski definition) is 8. The molecule has 4 unspecified atom stereocenters. The Kier molecular flexibility index (Phi) is 26.8. The van der Waals surface area contributed by atoms with Crippen molar-refractivity contribution in [3.8, 4) is 0 Å². The Balaban J connectivity index is 1.77. The number of carbonyl (C=O) groups is 9. The highest BCUT2D eigenvalue weighted by Gasteiger charge is 2.29. The largest absolute Gasteiger partial charge is 0.481 e. The number of urea groups is 1. The molecule has 0 aliphatic carbocycles. The fourth-order valence-corrected chi connectivity index (χ4v) is 7.15. The second-order valence-corrected chi connectivity index (χ2v) is 16.7. The van der Waals surface area contributed by atoms with Crippen LogP contribution >= 0.6 is 0 Å². The van der Waals surface area contributed by atoms with E-state index in [4.69, 9.17) is 5.11 Å². The number of amides is 5. The third-order valence-electron chi connectivity index (χ3n) is 10.6. The van der Waals surface area contributed by atoms with Crippen molar-refractivity contribution in [1.29, 1.82) is 0 Å². The van der Waals surface area contributed by atoms with Crippen LogP contribution in [0.3, 0.4) is 0 Å². The van der Waals surface area contributed by atoms with E-state index in [1.54, 1.807) is 0 Å². The van der Waals surface area contributed by atoms with E-state index in [0.717, 1.165) is 30.4 Å². The Hall–Kier alpha value is -6.13. The molecule has 0 aromatic heterocycles. The molecule has 2 aromatic rings. The highest BCUT2D eigenvalue weighted by atomic mass is 16.4. The minimum Gasteiger partial charge on any atom is -0.481 e. The number of carboxylic acid groups (broad SMARTS) is 3. The standard InChI is InChI=1S/C48H69N5O12/c1-33(2)50-42(56)25-17-26-43(57)51-40(31-35-20-11-7-12-21-35)41(55)32-36(30-34-18-9-6-10-19-34)45(60)49-29-16-5-3-4-13-22-37(54)23-14-8-15-24-38(46(61)62)52-48(65)53-39(47(63)64)27-28-44(58)59/h6-7,9-12,18-21,33,36,38-40H,3-5,8,13-17,22-32H2,1-2H3,(H,49,60)(H,50,56)(H,51,57)(H,58,59)(H,61,62)(H,63,64)(H2,52,53,65). The van der Waals surface area contributed by atoms with Crippen LogP contribution in [-0.2, 0) is 51.2 Å². The lowest BCUT2D eigenvalue weighted by atomic mass is 9.89. The summed E-state index contributed by atoms with van der Waals surface area (Å²) in [6.45, 7) is 4.15. The van der Waals surface area contributed by atoms with Crippen molar-refractivity contribution >= 4 is 53.2 Å². The molecule has 0 saturated heterocycles. The van der Waals surface area contributed by atoms with Crippen molar-refractivity contribution in [2.24, 2.45) is 5.92 Å². The zero-order chi connectivity index (χ0) is 48.0. The van der Waals surface area contributed by atoms with E-state index in [9.17, 15) is 53.4 Å². The number of rotatable bonds is 35. The number of carboxylic acids is 3. The average Bonchev–Trinajstić information content (AvgIpc) is 3.25. The summed E-state index contributed by atoms with van der Waals surface area (Å²) in [5, 5.41) is 40.4. The molecule has 65 heavy (non-hydrogen) atoms. The van der Waals surface area contributed by atoms with Crippen LogP contribution in [0.2, 0.25) is 0 Å². The van der Waals surface area contributed by atoms with E-state index in [0.29, 0.717) is 64.3 Å². The van der Waals surface area contributed by atoms with Gasteiger partial charge in [0, 0.05) is 57.0 Å². The van der Waals surface area contributed by atoms with Crippen molar-refractivity contribution in [1.82, 2.24) is 26.6 Å². The molecule has 0 aliphatic heterocycles. The smallest absolute Gasteiger partial charge is 0.326 e. The van der Waals surface area contributed by atoms with E-state index < -0.39 is 54.4 Å². The molecule has 0 spiro atoms. The zero-order valence-corrected chi connectivity index (χ0v) is 37.8. The second-order valence-electron chi connectivity index (χ2n) is 16.7. The van der Waals surface area contributed by atoms with E-state index in [2.05, 4.69) is 26.6 Å². The molecule has 2 aromatic carbocycles. The monoisotopic (exact) mass is 907 g/mol. The Morgan fingerprint density at radius 3 is 1.57 bits per heavy atom. The number of hydrogen-bond acceptors (Lipinski definition) is 9. The molecule has 358 valence electrons. The van der Waals surface area contributed by atoms with E-state index in [1.807, 2.05) is 74.5 Å². The fraction of sp³-hybridized carbons (Fsp3) is 0.562. The Morgan fingerprint density at radius 2 is 1.02 bits per heavy atom. The maximum absolute atomic E-state index is 13.9. The zero-order valence-electron chi connectivity index (χ0n) is 37.8. The first-order valence-electron chi connectivity index (χ1n) is 22.8. The summed E-state index contributed by atoms with van der Waals surface area (Å²) < 4.78 is 0. The summed E-state index contributed by atoms with van der Waals surface area (Å²) in [5.41, 5.74) is 1.77. The lowest BCUT2D eigenvalue weighted by molar-refractivity contribution is -0.141. The SMILES string of the molecule is CC(C)NC(=O)CCCC(=O)NC(Cc1ccccc1)C(=O)CC(Cc1ccccc1)C(=O)NCCCCCCCC(=O)CCCCCC(NC(=O)NC(CCC(=O)O)C(=O)O)C(=O)O. The highest BCUT2D eigenvalue weighted by molar-refractivity contribution is 5.93. The quantitative estimate of drug-likeness (QED) is 0.0411. The van der Waals surface area contributed by atoms with Crippen molar-refractivity contribution in [3.05, 3.63) is 71.8 Å². The number of aliphatic carboxylic acids is 3. The molecule has 0 bridgehead atoms. The second kappa shape index (κ2) is 31.7. The van der Waals surface area contributed by atoms with Crippen molar-refractivity contribution in [2.75, 3.05) is 6.54 Å². The third-order valence-corrected chi connectivity index (χ3v) is 10.6. The van der Waals surface area contributed by atoms with Crippen LogP contribution < -0.4 is 26.6 Å². The summed E-state index contributed by atoms with van der Waals surface area (Å²) >= 11 is 0. The molecule has 5 amide bonds. The average molecular weight is 908 g/mol. The molecule has 0 saturated carbocycles. The van der Waals surface area contributed by atoms with Gasteiger partial charge in [0.05, 0.1) is 6.04 Å².